The zero-order chi connectivity index (χ0) is 22.0. The average Bonchev–Trinajstić information content (AvgIpc) is 2.80. The van der Waals surface area contributed by atoms with Gasteiger partial charge in [0.25, 0.3) is 0 Å². The third-order valence-corrected chi connectivity index (χ3v) is 8.88. The number of allylic oxidation sites excluding steroid dienone is 4. The third-order valence-electron chi connectivity index (χ3n) is 8.88. The molecule has 0 amide bonds. The lowest BCUT2D eigenvalue weighted by Crippen LogP contribution is -2.50. The van der Waals surface area contributed by atoms with Gasteiger partial charge in [0.1, 0.15) is 0 Å². The average molecular weight is 433 g/mol. The summed E-state index contributed by atoms with van der Waals surface area (Å²) in [5.74, 6) is 0.322. The molecule has 1 saturated carbocycles. The van der Waals surface area contributed by atoms with Crippen molar-refractivity contribution in [3.63, 3.8) is 0 Å². The van der Waals surface area contributed by atoms with Crippen LogP contribution >= 0.6 is 0 Å². The number of piperidine rings is 2. The molecule has 2 aliphatic heterocycles. The van der Waals surface area contributed by atoms with E-state index in [0.29, 0.717) is 5.41 Å². The van der Waals surface area contributed by atoms with Crippen LogP contribution in [0.5, 0.6) is 0 Å². The second-order valence-corrected chi connectivity index (χ2v) is 10.8. The molecule has 1 aromatic rings. The molecule has 3 fully saturated rings. The molecule has 5 rings (SSSR count). The Morgan fingerprint density at radius 3 is 2.25 bits per heavy atom. The number of nitrogens with zero attached hydrogens (tertiary/aromatic N) is 2. The Labute approximate surface area is 194 Å². The van der Waals surface area contributed by atoms with Crippen LogP contribution in [0, 0.1) is 11.3 Å². The van der Waals surface area contributed by atoms with Crippen molar-refractivity contribution in [2.24, 2.45) is 11.3 Å². The number of anilines is 1. The molecule has 2 aliphatic carbocycles. The second kappa shape index (κ2) is 9.55. The number of likely N-dealkylation sites (tertiary alicyclic amines) is 1. The summed E-state index contributed by atoms with van der Waals surface area (Å²) < 4.78 is 0. The molecule has 0 N–H and O–H groups in total. The van der Waals surface area contributed by atoms with Crippen LogP contribution in [0.2, 0.25) is 0 Å². The van der Waals surface area contributed by atoms with E-state index in [9.17, 15) is 4.79 Å². The Morgan fingerprint density at radius 2 is 1.62 bits per heavy atom. The number of ketones is 1. The molecular weight excluding hydrogens is 392 g/mol. The summed E-state index contributed by atoms with van der Waals surface area (Å²) in [6, 6.07) is 10.00. The van der Waals surface area contributed by atoms with E-state index in [2.05, 4.69) is 47.1 Å². The summed E-state index contributed by atoms with van der Waals surface area (Å²) in [4.78, 5) is 17.6. The van der Waals surface area contributed by atoms with Crippen LogP contribution in [0.3, 0.4) is 0 Å². The van der Waals surface area contributed by atoms with Crippen molar-refractivity contribution in [3.05, 3.63) is 48.1 Å². The monoisotopic (exact) mass is 432 g/mol. The molecule has 2 heterocycles. The summed E-state index contributed by atoms with van der Waals surface area (Å²) in [5.41, 5.74) is 4.40. The van der Waals surface area contributed by atoms with E-state index < -0.39 is 0 Å². The van der Waals surface area contributed by atoms with Crippen LogP contribution in [-0.2, 0) is 4.79 Å². The molecule has 3 heteroatoms. The third kappa shape index (κ3) is 4.59. The summed E-state index contributed by atoms with van der Waals surface area (Å²) in [6.07, 6.45) is 19.0. The molecule has 32 heavy (non-hydrogen) atoms. The van der Waals surface area contributed by atoms with Gasteiger partial charge in [0.15, 0.2) is 5.78 Å². The highest BCUT2D eigenvalue weighted by Crippen LogP contribution is 2.43. The fraction of sp³-hybridized carbons (Fsp3) is 0.621. The van der Waals surface area contributed by atoms with Gasteiger partial charge in [-0.3, -0.25) is 4.79 Å². The lowest BCUT2D eigenvalue weighted by Gasteiger charge is -2.50. The minimum absolute atomic E-state index is 0.0589. The van der Waals surface area contributed by atoms with E-state index in [0.717, 1.165) is 25.3 Å². The first kappa shape index (κ1) is 21.9. The molecule has 1 spiro atoms. The van der Waals surface area contributed by atoms with Crippen molar-refractivity contribution in [2.75, 3.05) is 31.1 Å². The van der Waals surface area contributed by atoms with Gasteiger partial charge in [-0.15, -0.1) is 0 Å². The lowest BCUT2D eigenvalue weighted by molar-refractivity contribution is -0.117. The first-order valence-corrected chi connectivity index (χ1v) is 13.2. The van der Waals surface area contributed by atoms with Crippen LogP contribution in [0.4, 0.5) is 5.69 Å². The standard InChI is InChI=1S/C29H40N2O/c1-2-3-5-25-22-24(10-13-28(25)32)23-8-11-27(12-9-23)31-20-16-29(17-21-31)14-18-30(19-15-29)26-6-4-7-26/h8-13,22,25-26H,2-7,14-21H2,1H3. The number of hydrogen-bond donors (Lipinski definition) is 0. The van der Waals surface area contributed by atoms with Gasteiger partial charge < -0.3 is 9.80 Å². The van der Waals surface area contributed by atoms with E-state index in [1.807, 2.05) is 6.08 Å². The summed E-state index contributed by atoms with van der Waals surface area (Å²) in [7, 11) is 0. The maximum Gasteiger partial charge on any atom is 0.162 e. The van der Waals surface area contributed by atoms with Crippen LogP contribution in [0.25, 0.3) is 5.57 Å². The molecule has 0 radical (unpaired) electrons. The van der Waals surface area contributed by atoms with Crippen LogP contribution in [0.1, 0.15) is 76.7 Å². The van der Waals surface area contributed by atoms with Gasteiger partial charge in [-0.25, -0.2) is 0 Å². The van der Waals surface area contributed by atoms with Gasteiger partial charge in [0.2, 0.25) is 0 Å². The SMILES string of the molecule is CCCCC1C=C(c2ccc(N3CCC4(CC3)CCN(C3CCC3)CC4)cc2)C=CC1=O. The Balaban J connectivity index is 1.17. The number of benzene rings is 1. The number of hydrogen-bond acceptors (Lipinski definition) is 3. The Bertz CT molecular complexity index is 846. The number of rotatable bonds is 6. The van der Waals surface area contributed by atoms with Crippen molar-refractivity contribution in [3.8, 4) is 0 Å². The molecule has 1 unspecified atom stereocenters. The van der Waals surface area contributed by atoms with Crippen molar-refractivity contribution in [2.45, 2.75) is 77.2 Å². The summed E-state index contributed by atoms with van der Waals surface area (Å²) in [5, 5.41) is 0. The first-order chi connectivity index (χ1) is 15.7. The molecule has 1 atom stereocenters. The summed E-state index contributed by atoms with van der Waals surface area (Å²) in [6.45, 7) is 7.25. The fourth-order valence-electron chi connectivity index (χ4n) is 6.21. The van der Waals surface area contributed by atoms with E-state index in [4.69, 9.17) is 0 Å². The minimum atomic E-state index is 0.0589. The number of carbonyl (C=O) groups is 1. The van der Waals surface area contributed by atoms with Crippen molar-refractivity contribution in [1.29, 1.82) is 0 Å². The molecule has 1 aromatic carbocycles. The topological polar surface area (TPSA) is 23.6 Å². The predicted octanol–water partition coefficient (Wildman–Crippen LogP) is 6.25. The largest absolute Gasteiger partial charge is 0.371 e. The highest BCUT2D eigenvalue weighted by atomic mass is 16.1. The van der Waals surface area contributed by atoms with Crippen LogP contribution in [0.15, 0.2) is 42.5 Å². The molecular formula is C29H40N2O. The highest BCUT2D eigenvalue weighted by molar-refractivity contribution is 5.99. The maximum atomic E-state index is 12.2. The van der Waals surface area contributed by atoms with E-state index in [1.165, 1.54) is 87.9 Å². The molecule has 0 bridgehead atoms. The van der Waals surface area contributed by atoms with Gasteiger partial charge >= 0.3 is 0 Å². The number of carbonyl (C=O) groups excluding carboxylic acids is 1. The van der Waals surface area contributed by atoms with Gasteiger partial charge in [0.05, 0.1) is 0 Å². The van der Waals surface area contributed by atoms with E-state index >= 15 is 0 Å². The molecule has 172 valence electrons. The second-order valence-electron chi connectivity index (χ2n) is 10.8. The quantitative estimate of drug-likeness (QED) is 0.531. The van der Waals surface area contributed by atoms with Crippen molar-refractivity contribution >= 4 is 17.0 Å². The Hall–Kier alpha value is -1.87. The van der Waals surface area contributed by atoms with Gasteiger partial charge in [0, 0.05) is 30.7 Å². The van der Waals surface area contributed by atoms with Crippen LogP contribution in [-0.4, -0.2) is 42.9 Å². The molecule has 0 aromatic heterocycles. The normalized spacial score (nSPS) is 26.3. The van der Waals surface area contributed by atoms with Gasteiger partial charge in [-0.2, -0.15) is 0 Å². The maximum absolute atomic E-state index is 12.2. The van der Waals surface area contributed by atoms with Crippen molar-refractivity contribution in [1.82, 2.24) is 4.90 Å². The summed E-state index contributed by atoms with van der Waals surface area (Å²) >= 11 is 0. The van der Waals surface area contributed by atoms with Gasteiger partial charge in [-0.05, 0) is 92.8 Å². The smallest absolute Gasteiger partial charge is 0.162 e. The molecule has 4 aliphatic rings. The van der Waals surface area contributed by atoms with E-state index in [-0.39, 0.29) is 11.7 Å². The van der Waals surface area contributed by atoms with Gasteiger partial charge in [-0.1, -0.05) is 50.5 Å². The zero-order valence-corrected chi connectivity index (χ0v) is 19.9. The first-order valence-electron chi connectivity index (χ1n) is 13.2. The minimum Gasteiger partial charge on any atom is -0.371 e. The molecule has 2 saturated heterocycles. The Morgan fingerprint density at radius 1 is 0.938 bits per heavy atom. The Kier molecular flexibility index (Phi) is 6.55. The number of unbranched alkanes of at least 4 members (excludes halogenated alkanes) is 1. The van der Waals surface area contributed by atoms with Crippen LogP contribution < -0.4 is 4.90 Å². The lowest BCUT2D eigenvalue weighted by atomic mass is 9.70. The predicted molar refractivity (Wildman–Crippen MR) is 134 cm³/mol. The highest BCUT2D eigenvalue weighted by Gasteiger charge is 2.39. The zero-order valence-electron chi connectivity index (χ0n) is 19.9. The molecule has 3 nitrogen and oxygen atoms in total. The fourth-order valence-corrected chi connectivity index (χ4v) is 6.21. The van der Waals surface area contributed by atoms with Crippen molar-refractivity contribution < 1.29 is 4.79 Å². The van der Waals surface area contributed by atoms with E-state index in [1.54, 1.807) is 6.08 Å².